The third-order valence-corrected chi connectivity index (χ3v) is 10.3. The maximum absolute atomic E-state index is 14.2. The Labute approximate surface area is 398 Å². The number of aromatic nitrogens is 2. The van der Waals surface area contributed by atoms with Crippen LogP contribution in [0.3, 0.4) is 0 Å². The lowest BCUT2D eigenvalue weighted by Crippen LogP contribution is -2.61. The van der Waals surface area contributed by atoms with Crippen LogP contribution in [0.25, 0.3) is 0 Å². The molecule has 1 heterocycles. The van der Waals surface area contributed by atoms with E-state index < -0.39 is 103 Å². The fourth-order valence-corrected chi connectivity index (χ4v) is 6.83. The van der Waals surface area contributed by atoms with E-state index in [-0.39, 0.29) is 56.9 Å². The lowest BCUT2D eigenvalue weighted by Gasteiger charge is -2.32. The number of guanidine groups is 1. The monoisotopic (exact) mass is 961 g/mol. The van der Waals surface area contributed by atoms with E-state index in [4.69, 9.17) is 22.9 Å². The first kappa shape index (κ1) is 55.2. The predicted molar refractivity (Wildman–Crippen MR) is 250 cm³/mol. The van der Waals surface area contributed by atoms with Gasteiger partial charge in [0.25, 0.3) is 5.91 Å². The number of nitrogens with two attached hydrogens (primary N) is 4. The fraction of sp³-hybridized carbons (Fsp3) is 0.432. The van der Waals surface area contributed by atoms with Crippen molar-refractivity contribution in [2.24, 2.45) is 33.8 Å². The first-order valence-electron chi connectivity index (χ1n) is 21.9. The van der Waals surface area contributed by atoms with Crippen molar-refractivity contribution in [3.8, 4) is 0 Å². The zero-order valence-electron chi connectivity index (χ0n) is 38.6. The van der Waals surface area contributed by atoms with E-state index in [0.29, 0.717) is 11.3 Å². The molecule has 17 N–H and O–H groups in total. The summed E-state index contributed by atoms with van der Waals surface area (Å²) in [4.78, 5) is 130. The number of aliphatic hydroxyl groups excluding tert-OH is 1. The van der Waals surface area contributed by atoms with Crippen LogP contribution in [-0.2, 0) is 57.6 Å². The van der Waals surface area contributed by atoms with E-state index in [9.17, 15) is 48.3 Å². The van der Waals surface area contributed by atoms with Crippen LogP contribution in [0.15, 0.2) is 78.2 Å². The molecule has 10 amide bonds. The summed E-state index contributed by atoms with van der Waals surface area (Å²) in [5.74, 6) is -7.29. The van der Waals surface area contributed by atoms with Crippen molar-refractivity contribution in [3.05, 3.63) is 90.0 Å². The first-order valence-corrected chi connectivity index (χ1v) is 21.9. The van der Waals surface area contributed by atoms with Crippen LogP contribution in [0.2, 0.25) is 0 Å². The van der Waals surface area contributed by atoms with Gasteiger partial charge in [-0.15, -0.1) is 0 Å². The molecule has 25 heteroatoms. The number of likely N-dealkylation sites (N-methyl/N-ethyl adjacent to an activating group) is 1. The number of aliphatic hydroxyl groups is 1. The number of imidazole rings is 1. The van der Waals surface area contributed by atoms with Gasteiger partial charge >= 0.3 is 6.03 Å². The molecular weight excluding hydrogens is 899 g/mol. The highest BCUT2D eigenvalue weighted by Gasteiger charge is 2.35. The summed E-state index contributed by atoms with van der Waals surface area (Å²) in [6, 6.07) is 7.86. The standard InChI is InChI=1S/C44H63N15O10/c1-25(2)17-32(42(68)59(3)34(15-10-16-50-43(47)48)41(67)53-29(37(46)63)18-26-11-6-4-7-12-26)56-44(69)58-57-40(66)30(19-27-13-8-5-9-14-27)54-39(65)33(23-60)55-38(64)31(21-35(45)61)52-36(62)20-28-22-49-24-51-28/h4-9,11-14,22,24-25,29-34,60H,10,15-21,23H2,1-3H3,(H2,45,61)(H2,46,63)(H,49,51)(H,52,62)(H,53,67)(H,54,65)(H,55,64)(H,57,66)(H4,47,48,50)(H2,56,58,69)/t29-,30-,31-,32-,33-,34-/m0/s1. The van der Waals surface area contributed by atoms with Gasteiger partial charge in [0.1, 0.15) is 36.3 Å². The van der Waals surface area contributed by atoms with Crippen molar-refractivity contribution in [3.63, 3.8) is 0 Å². The van der Waals surface area contributed by atoms with Gasteiger partial charge in [-0.2, -0.15) is 0 Å². The molecule has 25 nitrogen and oxygen atoms in total. The number of urea groups is 1. The number of nitrogens with one attached hydrogen (secondary N) is 8. The van der Waals surface area contributed by atoms with Crippen LogP contribution in [-0.4, -0.2) is 136 Å². The second kappa shape index (κ2) is 28.2. The summed E-state index contributed by atoms with van der Waals surface area (Å²) in [5, 5.41) is 22.4. The molecule has 374 valence electrons. The molecule has 0 aliphatic rings. The van der Waals surface area contributed by atoms with Crippen molar-refractivity contribution in [2.75, 3.05) is 20.2 Å². The molecule has 1 aromatic heterocycles. The van der Waals surface area contributed by atoms with Gasteiger partial charge in [0.05, 0.1) is 25.8 Å². The van der Waals surface area contributed by atoms with Crippen LogP contribution < -0.4 is 60.4 Å². The maximum Gasteiger partial charge on any atom is 0.334 e. The summed E-state index contributed by atoms with van der Waals surface area (Å²) in [7, 11) is 1.36. The fourth-order valence-electron chi connectivity index (χ4n) is 6.83. The summed E-state index contributed by atoms with van der Waals surface area (Å²) in [6.45, 7) is 2.70. The van der Waals surface area contributed by atoms with Gasteiger partial charge < -0.3 is 64.5 Å². The summed E-state index contributed by atoms with van der Waals surface area (Å²) in [5.41, 5.74) is 28.0. The highest BCUT2D eigenvalue weighted by molar-refractivity contribution is 5.97. The predicted octanol–water partition coefficient (Wildman–Crippen LogP) is -3.64. The number of carbonyl (C=O) groups excluding carboxylic acids is 9. The molecule has 0 bridgehead atoms. The SMILES string of the molecule is CC(C)C[C@H](NC(=O)NNC(=O)[C@H](Cc1ccccc1)NC(=O)[C@H](CO)NC(=O)[C@H](CC(N)=O)NC(=O)Cc1cnc[nH]1)C(=O)N(C)[C@@H](CCCN=C(N)N)C(=O)N[C@@H](Cc1ccccc1)C(N)=O. The van der Waals surface area contributed by atoms with Crippen molar-refractivity contribution < 1.29 is 48.3 Å². The molecule has 0 saturated carbocycles. The average molecular weight is 962 g/mol. The Morgan fingerprint density at radius 1 is 0.710 bits per heavy atom. The van der Waals surface area contributed by atoms with Crippen molar-refractivity contribution in [1.82, 2.24) is 52.3 Å². The van der Waals surface area contributed by atoms with E-state index >= 15 is 0 Å². The van der Waals surface area contributed by atoms with Crippen LogP contribution in [0, 0.1) is 5.92 Å². The van der Waals surface area contributed by atoms with Crippen molar-refractivity contribution >= 4 is 59.2 Å². The number of carbonyl (C=O) groups is 9. The largest absolute Gasteiger partial charge is 0.394 e. The number of H-pyrrole nitrogens is 1. The minimum absolute atomic E-state index is 0.0326. The second-order valence-electron chi connectivity index (χ2n) is 16.4. The lowest BCUT2D eigenvalue weighted by atomic mass is 10.0. The van der Waals surface area contributed by atoms with Crippen LogP contribution in [0.5, 0.6) is 0 Å². The van der Waals surface area contributed by atoms with E-state index in [1.807, 2.05) is 0 Å². The van der Waals surface area contributed by atoms with Crippen molar-refractivity contribution in [1.29, 1.82) is 0 Å². The van der Waals surface area contributed by atoms with Crippen molar-refractivity contribution in [2.45, 2.75) is 95.0 Å². The number of hydrazine groups is 1. The highest BCUT2D eigenvalue weighted by Crippen LogP contribution is 2.14. The Balaban J connectivity index is 1.76. The van der Waals surface area contributed by atoms with Crippen LogP contribution >= 0.6 is 0 Å². The lowest BCUT2D eigenvalue weighted by molar-refractivity contribution is -0.141. The summed E-state index contributed by atoms with van der Waals surface area (Å²) in [6.07, 6.45) is 2.07. The molecule has 69 heavy (non-hydrogen) atoms. The Kier molecular flexibility index (Phi) is 22.6. The number of benzene rings is 2. The Morgan fingerprint density at radius 3 is 1.83 bits per heavy atom. The molecule has 0 saturated heterocycles. The number of hydrogen-bond donors (Lipinski definition) is 13. The van der Waals surface area contributed by atoms with E-state index in [2.05, 4.69) is 52.4 Å². The van der Waals surface area contributed by atoms with Gasteiger partial charge in [-0.25, -0.2) is 15.2 Å². The molecule has 3 aromatic rings. The van der Waals surface area contributed by atoms with Crippen LogP contribution in [0.4, 0.5) is 4.79 Å². The molecule has 0 radical (unpaired) electrons. The van der Waals surface area contributed by atoms with Gasteiger partial charge in [-0.1, -0.05) is 74.5 Å². The molecular formula is C44H63N15O10. The van der Waals surface area contributed by atoms with Gasteiger partial charge in [-0.3, -0.25) is 48.8 Å². The summed E-state index contributed by atoms with van der Waals surface area (Å²) >= 11 is 0. The van der Waals surface area contributed by atoms with Gasteiger partial charge in [0.2, 0.25) is 41.4 Å². The number of nitrogens with zero attached hydrogens (tertiary/aromatic N) is 3. The number of aromatic amines is 1. The van der Waals surface area contributed by atoms with Crippen LogP contribution in [0.1, 0.15) is 56.4 Å². The Bertz CT molecular complexity index is 2220. The smallest absolute Gasteiger partial charge is 0.334 e. The molecule has 2 aromatic carbocycles. The number of amides is 10. The number of hydrogen-bond acceptors (Lipinski definition) is 12. The molecule has 0 fully saturated rings. The molecule has 0 spiro atoms. The quantitative estimate of drug-likeness (QED) is 0.0152. The third-order valence-electron chi connectivity index (χ3n) is 10.3. The van der Waals surface area contributed by atoms with E-state index in [1.54, 1.807) is 74.5 Å². The maximum atomic E-state index is 14.2. The highest BCUT2D eigenvalue weighted by atomic mass is 16.3. The molecule has 3 rings (SSSR count). The van der Waals surface area contributed by atoms with E-state index in [0.717, 1.165) is 10.5 Å². The second-order valence-corrected chi connectivity index (χ2v) is 16.4. The number of aliphatic imine (C=N–C) groups is 1. The zero-order chi connectivity index (χ0) is 51.0. The molecule has 0 unspecified atom stereocenters. The Hall–Kier alpha value is -8.09. The van der Waals surface area contributed by atoms with E-state index in [1.165, 1.54) is 19.6 Å². The molecule has 0 aliphatic carbocycles. The average Bonchev–Trinajstić information content (AvgIpc) is 3.81. The number of rotatable bonds is 27. The minimum Gasteiger partial charge on any atom is -0.394 e. The molecule has 6 atom stereocenters. The van der Waals surface area contributed by atoms with Gasteiger partial charge in [0.15, 0.2) is 5.96 Å². The van der Waals surface area contributed by atoms with Gasteiger partial charge in [-0.05, 0) is 36.3 Å². The van der Waals surface area contributed by atoms with Gasteiger partial charge in [0, 0.05) is 38.3 Å². The zero-order valence-corrected chi connectivity index (χ0v) is 38.6. The summed E-state index contributed by atoms with van der Waals surface area (Å²) < 4.78 is 0. The number of primary amides is 2. The first-order chi connectivity index (χ1) is 32.8. The third kappa shape index (κ3) is 19.7. The normalized spacial score (nSPS) is 13.4. The molecule has 0 aliphatic heterocycles. The Morgan fingerprint density at radius 2 is 1.29 bits per heavy atom. The minimum atomic E-state index is -1.71. The topological polar surface area (TPSA) is 406 Å².